The minimum Gasteiger partial charge on any atom is -0.492 e. The van der Waals surface area contributed by atoms with Crippen LogP contribution in [0.5, 0.6) is 5.75 Å². The highest BCUT2D eigenvalue weighted by molar-refractivity contribution is 5.21. The third kappa shape index (κ3) is 3.70. The van der Waals surface area contributed by atoms with Gasteiger partial charge in [0.15, 0.2) is 0 Å². The lowest BCUT2D eigenvalue weighted by Crippen LogP contribution is -2.19. The molecule has 0 spiro atoms. The highest BCUT2D eigenvalue weighted by Gasteiger charge is 2.19. The van der Waals surface area contributed by atoms with Crippen molar-refractivity contribution < 1.29 is 4.74 Å². The van der Waals surface area contributed by atoms with Crippen molar-refractivity contribution in [2.75, 3.05) is 6.61 Å². The number of ether oxygens (including phenoxy) is 1. The summed E-state index contributed by atoms with van der Waals surface area (Å²) in [5.74, 6) is 2.42. The molecule has 0 bridgehead atoms. The maximum atomic E-state index is 5.83. The average molecular weight is 248 g/mol. The molecule has 1 aliphatic carbocycles. The third-order valence-corrected chi connectivity index (χ3v) is 3.76. The fourth-order valence-corrected chi connectivity index (χ4v) is 2.67. The minimum atomic E-state index is -0.0155. The summed E-state index contributed by atoms with van der Waals surface area (Å²) in [7, 11) is 0. The van der Waals surface area contributed by atoms with Crippen LogP contribution in [0.1, 0.15) is 51.3 Å². The monoisotopic (exact) mass is 248 g/mol. The van der Waals surface area contributed by atoms with Crippen LogP contribution in [0.2, 0.25) is 0 Å². The molecule has 0 amide bonds. The first-order chi connectivity index (χ1) is 8.65. The Balaban J connectivity index is 1.82. The molecule has 18 heavy (non-hydrogen) atoms. The van der Waals surface area contributed by atoms with Crippen molar-refractivity contribution >= 4 is 0 Å². The molecule has 0 aliphatic heterocycles. The van der Waals surface area contributed by atoms with E-state index in [1.807, 2.05) is 19.1 Å². The molecule has 2 unspecified atom stereocenters. The zero-order valence-corrected chi connectivity index (χ0v) is 11.4. The molecule has 2 rings (SSSR count). The Morgan fingerprint density at radius 1 is 1.44 bits per heavy atom. The van der Waals surface area contributed by atoms with Crippen molar-refractivity contribution in [2.24, 2.45) is 17.6 Å². The van der Waals surface area contributed by atoms with Gasteiger partial charge in [-0.1, -0.05) is 19.8 Å². The van der Waals surface area contributed by atoms with Crippen LogP contribution in [0.15, 0.2) is 18.3 Å². The molecule has 1 aliphatic rings. The first-order valence-corrected chi connectivity index (χ1v) is 6.99. The molecule has 0 radical (unpaired) electrons. The second-order valence-electron chi connectivity index (χ2n) is 5.66. The molecular formula is C15H24N2O. The molecule has 1 fully saturated rings. The Hall–Kier alpha value is -1.09. The summed E-state index contributed by atoms with van der Waals surface area (Å²) in [5, 5.41) is 0. The number of nitrogens with two attached hydrogens (primary N) is 1. The maximum absolute atomic E-state index is 5.83. The lowest BCUT2D eigenvalue weighted by atomic mass is 9.83. The van der Waals surface area contributed by atoms with Crippen molar-refractivity contribution in [3.63, 3.8) is 0 Å². The Bertz CT molecular complexity index is 361. The molecule has 3 atom stereocenters. The quantitative estimate of drug-likeness (QED) is 0.889. The minimum absolute atomic E-state index is 0.0155. The van der Waals surface area contributed by atoms with E-state index in [1.165, 1.54) is 25.7 Å². The van der Waals surface area contributed by atoms with Gasteiger partial charge >= 0.3 is 0 Å². The molecule has 100 valence electrons. The first-order valence-electron chi connectivity index (χ1n) is 6.99. The average Bonchev–Trinajstić information content (AvgIpc) is 2.37. The fraction of sp³-hybridized carbons (Fsp3) is 0.667. The van der Waals surface area contributed by atoms with Crippen LogP contribution in [0.4, 0.5) is 0 Å². The topological polar surface area (TPSA) is 48.1 Å². The van der Waals surface area contributed by atoms with E-state index in [0.29, 0.717) is 5.92 Å². The zero-order chi connectivity index (χ0) is 13.0. The van der Waals surface area contributed by atoms with E-state index in [9.17, 15) is 0 Å². The van der Waals surface area contributed by atoms with Crippen molar-refractivity contribution in [3.05, 3.63) is 24.0 Å². The van der Waals surface area contributed by atoms with Crippen LogP contribution in [0, 0.1) is 11.8 Å². The Labute approximate surface area is 110 Å². The number of hydrogen-bond acceptors (Lipinski definition) is 3. The van der Waals surface area contributed by atoms with Crippen molar-refractivity contribution in [2.45, 2.75) is 45.6 Å². The molecule has 1 aromatic rings. The number of rotatable bonds is 4. The Morgan fingerprint density at radius 2 is 2.28 bits per heavy atom. The summed E-state index contributed by atoms with van der Waals surface area (Å²) in [6, 6.07) is 3.90. The summed E-state index contributed by atoms with van der Waals surface area (Å²) in [4.78, 5) is 4.31. The van der Waals surface area contributed by atoms with Gasteiger partial charge in [-0.05, 0) is 43.7 Å². The number of nitrogens with zero attached hydrogens (tertiary/aromatic N) is 1. The molecule has 1 heterocycles. The predicted molar refractivity (Wildman–Crippen MR) is 73.5 cm³/mol. The van der Waals surface area contributed by atoms with Gasteiger partial charge in [0.05, 0.1) is 18.5 Å². The lowest BCUT2D eigenvalue weighted by molar-refractivity contribution is 0.182. The third-order valence-electron chi connectivity index (χ3n) is 3.76. The van der Waals surface area contributed by atoms with E-state index < -0.39 is 0 Å². The Kier molecular flexibility index (Phi) is 4.59. The number of pyridine rings is 1. The van der Waals surface area contributed by atoms with Crippen LogP contribution in [-0.2, 0) is 0 Å². The SMILES string of the molecule is CC1CCCC(COc2ccc([C@@H](C)N)nc2)C1. The van der Waals surface area contributed by atoms with E-state index in [-0.39, 0.29) is 6.04 Å². The van der Waals surface area contributed by atoms with E-state index in [0.717, 1.165) is 24.0 Å². The van der Waals surface area contributed by atoms with Gasteiger partial charge in [0.25, 0.3) is 0 Å². The van der Waals surface area contributed by atoms with Crippen molar-refractivity contribution in [3.8, 4) is 5.75 Å². The van der Waals surface area contributed by atoms with Gasteiger partial charge in [0, 0.05) is 6.04 Å². The van der Waals surface area contributed by atoms with Crippen molar-refractivity contribution in [1.29, 1.82) is 0 Å². The van der Waals surface area contributed by atoms with E-state index >= 15 is 0 Å². The largest absolute Gasteiger partial charge is 0.492 e. The second-order valence-corrected chi connectivity index (χ2v) is 5.66. The smallest absolute Gasteiger partial charge is 0.137 e. The summed E-state index contributed by atoms with van der Waals surface area (Å²) in [5.41, 5.74) is 6.68. The normalized spacial score (nSPS) is 25.7. The van der Waals surface area contributed by atoms with Gasteiger partial charge < -0.3 is 10.5 Å². The van der Waals surface area contributed by atoms with Crippen molar-refractivity contribution in [1.82, 2.24) is 4.98 Å². The molecule has 3 heteroatoms. The van der Waals surface area contributed by atoms with Gasteiger partial charge in [-0.25, -0.2) is 0 Å². The summed E-state index contributed by atoms with van der Waals surface area (Å²) in [6.45, 7) is 5.10. The summed E-state index contributed by atoms with van der Waals surface area (Å²) < 4.78 is 5.83. The standard InChI is InChI=1S/C15H24N2O/c1-11-4-3-5-13(8-11)10-18-14-6-7-15(12(2)16)17-9-14/h6-7,9,11-13H,3-5,8,10,16H2,1-2H3/t11?,12-,13?/m1/s1. The van der Waals surface area contributed by atoms with Gasteiger partial charge in [0.1, 0.15) is 5.75 Å². The summed E-state index contributed by atoms with van der Waals surface area (Å²) in [6.07, 6.45) is 7.10. The van der Waals surface area contributed by atoms with E-state index in [1.54, 1.807) is 6.20 Å². The second kappa shape index (κ2) is 6.19. The van der Waals surface area contributed by atoms with Gasteiger partial charge in [-0.3, -0.25) is 4.98 Å². The molecule has 0 saturated heterocycles. The summed E-state index contributed by atoms with van der Waals surface area (Å²) >= 11 is 0. The van der Waals surface area contributed by atoms with Crippen LogP contribution < -0.4 is 10.5 Å². The number of hydrogen-bond donors (Lipinski definition) is 1. The molecule has 1 aromatic heterocycles. The highest BCUT2D eigenvalue weighted by Crippen LogP contribution is 2.29. The van der Waals surface area contributed by atoms with Gasteiger partial charge in [-0.15, -0.1) is 0 Å². The van der Waals surface area contributed by atoms with Gasteiger partial charge in [-0.2, -0.15) is 0 Å². The number of aromatic nitrogens is 1. The zero-order valence-electron chi connectivity index (χ0n) is 11.4. The van der Waals surface area contributed by atoms with E-state index in [4.69, 9.17) is 10.5 Å². The lowest BCUT2D eigenvalue weighted by Gasteiger charge is -2.26. The predicted octanol–water partition coefficient (Wildman–Crippen LogP) is 3.31. The molecule has 1 saturated carbocycles. The molecule has 0 aromatic carbocycles. The molecule has 3 nitrogen and oxygen atoms in total. The van der Waals surface area contributed by atoms with E-state index in [2.05, 4.69) is 11.9 Å². The van der Waals surface area contributed by atoms with Gasteiger partial charge in [0.2, 0.25) is 0 Å². The van der Waals surface area contributed by atoms with Crippen LogP contribution in [0.3, 0.4) is 0 Å². The van der Waals surface area contributed by atoms with Crippen LogP contribution in [0.25, 0.3) is 0 Å². The maximum Gasteiger partial charge on any atom is 0.137 e. The highest BCUT2D eigenvalue weighted by atomic mass is 16.5. The fourth-order valence-electron chi connectivity index (χ4n) is 2.67. The first kappa shape index (κ1) is 13.3. The molecule has 2 N–H and O–H groups in total. The molecular weight excluding hydrogens is 224 g/mol. The Morgan fingerprint density at radius 3 is 2.89 bits per heavy atom. The van der Waals surface area contributed by atoms with Crippen LogP contribution in [-0.4, -0.2) is 11.6 Å². The van der Waals surface area contributed by atoms with Crippen LogP contribution >= 0.6 is 0 Å².